The molecular weight excluding hydrogens is 288 g/mol. The Balaban J connectivity index is 3.43. The molecule has 0 saturated heterocycles. The molecule has 6 nitrogen and oxygen atoms in total. The van der Waals surface area contributed by atoms with Gasteiger partial charge in [-0.25, -0.2) is 4.79 Å². The molecule has 0 aliphatic rings. The predicted octanol–water partition coefficient (Wildman–Crippen LogP) is 2.72. The molecule has 0 amide bonds. The number of carbonyl (C=O) groups is 1. The van der Waals surface area contributed by atoms with Crippen LogP contribution in [0.3, 0.4) is 0 Å². The Hall–Kier alpha value is -1.96. The average Bonchev–Trinajstić information content (AvgIpc) is 2.36. The number of methoxy groups -OCH3 is 1. The molecule has 0 atom stereocenters. The number of rotatable bonds is 5. The minimum Gasteiger partial charge on any atom is -0.465 e. The number of hydrogen-bond acceptors (Lipinski definition) is 5. The van der Waals surface area contributed by atoms with Crippen LogP contribution in [0.2, 0.25) is 0 Å². The first-order valence-electron chi connectivity index (χ1n) is 4.81. The SMILES string of the molecule is COC(=O)c1cc([N+](=O)[O-])c(CCl)cc1OC(F)F. The standard InChI is InChI=1S/C10H8ClF2NO5/c1-18-9(15)6-3-7(14(16)17)5(4-11)2-8(6)19-10(12)13/h2-3,10H,4H2,1H3. The third-order valence-electron chi connectivity index (χ3n) is 2.14. The lowest BCUT2D eigenvalue weighted by Gasteiger charge is -2.11. The van der Waals surface area contributed by atoms with Crippen molar-refractivity contribution < 1.29 is 28.0 Å². The summed E-state index contributed by atoms with van der Waals surface area (Å²) in [6, 6.07) is 1.71. The summed E-state index contributed by atoms with van der Waals surface area (Å²) in [5.74, 6) is -1.85. The summed E-state index contributed by atoms with van der Waals surface area (Å²) in [4.78, 5) is 21.4. The molecule has 104 valence electrons. The van der Waals surface area contributed by atoms with Crippen LogP contribution in [0, 0.1) is 10.1 Å². The fourth-order valence-corrected chi connectivity index (χ4v) is 1.56. The number of nitrogens with zero attached hydrogens (tertiary/aromatic N) is 1. The van der Waals surface area contributed by atoms with Crippen LogP contribution in [0.25, 0.3) is 0 Å². The molecule has 0 radical (unpaired) electrons. The van der Waals surface area contributed by atoms with E-state index in [9.17, 15) is 23.7 Å². The van der Waals surface area contributed by atoms with E-state index in [1.807, 2.05) is 0 Å². The molecule has 0 spiro atoms. The topological polar surface area (TPSA) is 78.7 Å². The maximum absolute atomic E-state index is 12.2. The summed E-state index contributed by atoms with van der Waals surface area (Å²) in [6.45, 7) is -3.19. The van der Waals surface area contributed by atoms with E-state index in [1.54, 1.807) is 0 Å². The van der Waals surface area contributed by atoms with Crippen molar-refractivity contribution in [3.05, 3.63) is 33.4 Å². The van der Waals surface area contributed by atoms with Crippen molar-refractivity contribution in [3.63, 3.8) is 0 Å². The zero-order valence-corrected chi connectivity index (χ0v) is 10.3. The molecule has 19 heavy (non-hydrogen) atoms. The molecule has 0 bridgehead atoms. The lowest BCUT2D eigenvalue weighted by molar-refractivity contribution is -0.385. The third-order valence-corrected chi connectivity index (χ3v) is 2.43. The Kier molecular flexibility index (Phi) is 4.99. The summed E-state index contributed by atoms with van der Waals surface area (Å²) in [6.07, 6.45) is 0. The Morgan fingerprint density at radius 3 is 2.58 bits per heavy atom. The average molecular weight is 296 g/mol. The molecule has 0 saturated carbocycles. The van der Waals surface area contributed by atoms with E-state index < -0.39 is 34.5 Å². The molecule has 1 aromatic carbocycles. The summed E-state index contributed by atoms with van der Waals surface area (Å²) in [5.41, 5.74) is -0.990. The van der Waals surface area contributed by atoms with Gasteiger partial charge in [0.25, 0.3) is 5.69 Å². The molecule has 1 rings (SSSR count). The molecule has 0 unspecified atom stereocenters. The van der Waals surface area contributed by atoms with Gasteiger partial charge in [0.1, 0.15) is 11.3 Å². The fraction of sp³-hybridized carbons (Fsp3) is 0.300. The second-order valence-corrected chi connectivity index (χ2v) is 3.51. The van der Waals surface area contributed by atoms with E-state index in [0.717, 1.165) is 19.2 Å². The number of ether oxygens (including phenoxy) is 2. The summed E-state index contributed by atoms with van der Waals surface area (Å²) >= 11 is 5.49. The maximum atomic E-state index is 12.2. The van der Waals surface area contributed by atoms with Crippen molar-refractivity contribution >= 4 is 23.3 Å². The number of esters is 1. The fourth-order valence-electron chi connectivity index (χ4n) is 1.35. The Labute approximate surface area is 111 Å². The molecule has 9 heteroatoms. The van der Waals surface area contributed by atoms with Gasteiger partial charge in [-0.1, -0.05) is 0 Å². The minimum absolute atomic E-state index is 0.0463. The number of benzene rings is 1. The lowest BCUT2D eigenvalue weighted by atomic mass is 10.1. The minimum atomic E-state index is -3.19. The number of hydrogen-bond donors (Lipinski definition) is 0. The van der Waals surface area contributed by atoms with Crippen LogP contribution >= 0.6 is 11.6 Å². The Morgan fingerprint density at radius 2 is 2.16 bits per heavy atom. The van der Waals surface area contributed by atoms with Crippen molar-refractivity contribution in [3.8, 4) is 5.75 Å². The zero-order chi connectivity index (χ0) is 14.6. The van der Waals surface area contributed by atoms with Crippen molar-refractivity contribution in [2.24, 2.45) is 0 Å². The van der Waals surface area contributed by atoms with Gasteiger partial charge in [-0.15, -0.1) is 11.6 Å². The van der Waals surface area contributed by atoms with E-state index >= 15 is 0 Å². The van der Waals surface area contributed by atoms with Crippen molar-refractivity contribution in [1.82, 2.24) is 0 Å². The van der Waals surface area contributed by atoms with Crippen LogP contribution in [0.15, 0.2) is 12.1 Å². The second kappa shape index (κ2) is 6.28. The predicted molar refractivity (Wildman–Crippen MR) is 60.6 cm³/mol. The second-order valence-electron chi connectivity index (χ2n) is 3.24. The van der Waals surface area contributed by atoms with Gasteiger partial charge in [-0.2, -0.15) is 8.78 Å². The number of carbonyl (C=O) groups excluding carboxylic acids is 1. The monoisotopic (exact) mass is 295 g/mol. The molecule has 0 aliphatic carbocycles. The molecule has 0 fully saturated rings. The summed E-state index contributed by atoms with van der Waals surface area (Å²) < 4.78 is 32.9. The van der Waals surface area contributed by atoms with Crippen molar-refractivity contribution in [1.29, 1.82) is 0 Å². The molecule has 0 aliphatic heterocycles. The Bertz CT molecular complexity index is 509. The van der Waals surface area contributed by atoms with Gasteiger partial charge in [-0.05, 0) is 6.07 Å². The third kappa shape index (κ3) is 3.50. The van der Waals surface area contributed by atoms with E-state index in [-0.39, 0.29) is 11.4 Å². The number of halogens is 3. The normalized spacial score (nSPS) is 10.4. The first-order valence-corrected chi connectivity index (χ1v) is 5.34. The van der Waals surface area contributed by atoms with Gasteiger partial charge in [0, 0.05) is 11.6 Å². The van der Waals surface area contributed by atoms with Gasteiger partial charge < -0.3 is 9.47 Å². The highest BCUT2D eigenvalue weighted by molar-refractivity contribution is 6.17. The van der Waals surface area contributed by atoms with Crippen LogP contribution < -0.4 is 4.74 Å². The largest absolute Gasteiger partial charge is 0.465 e. The van der Waals surface area contributed by atoms with Crippen LogP contribution in [0.5, 0.6) is 5.75 Å². The molecule has 0 heterocycles. The van der Waals surface area contributed by atoms with Crippen molar-refractivity contribution in [2.45, 2.75) is 12.5 Å². The summed E-state index contributed by atoms with van der Waals surface area (Å²) in [7, 11) is 1.01. The van der Waals surface area contributed by atoms with Crippen LogP contribution in [-0.4, -0.2) is 24.6 Å². The number of nitro benzene ring substituents is 1. The zero-order valence-electron chi connectivity index (χ0n) is 9.56. The van der Waals surface area contributed by atoms with E-state index in [0.29, 0.717) is 0 Å². The lowest BCUT2D eigenvalue weighted by Crippen LogP contribution is -2.11. The summed E-state index contributed by atoms with van der Waals surface area (Å²) in [5, 5.41) is 10.8. The van der Waals surface area contributed by atoms with Gasteiger partial charge in [0.2, 0.25) is 0 Å². The first-order chi connectivity index (χ1) is 8.90. The molecule has 1 aromatic rings. The molecule has 0 aromatic heterocycles. The van der Waals surface area contributed by atoms with Crippen LogP contribution in [-0.2, 0) is 10.6 Å². The quantitative estimate of drug-likeness (QED) is 0.361. The van der Waals surface area contributed by atoms with Crippen LogP contribution in [0.1, 0.15) is 15.9 Å². The first kappa shape index (κ1) is 15.1. The number of nitro groups is 1. The van der Waals surface area contributed by atoms with Gasteiger partial charge in [0.15, 0.2) is 0 Å². The molecular formula is C10H8ClF2NO5. The molecule has 0 N–H and O–H groups in total. The van der Waals surface area contributed by atoms with E-state index in [4.69, 9.17) is 11.6 Å². The van der Waals surface area contributed by atoms with Gasteiger partial charge >= 0.3 is 12.6 Å². The van der Waals surface area contributed by atoms with E-state index in [1.165, 1.54) is 0 Å². The van der Waals surface area contributed by atoms with Gasteiger partial charge in [0.05, 0.1) is 17.9 Å². The van der Waals surface area contributed by atoms with Crippen LogP contribution in [0.4, 0.5) is 14.5 Å². The highest BCUT2D eigenvalue weighted by atomic mass is 35.5. The number of alkyl halides is 3. The van der Waals surface area contributed by atoms with Gasteiger partial charge in [-0.3, -0.25) is 10.1 Å². The highest BCUT2D eigenvalue weighted by Crippen LogP contribution is 2.31. The smallest absolute Gasteiger partial charge is 0.387 e. The highest BCUT2D eigenvalue weighted by Gasteiger charge is 2.24. The Morgan fingerprint density at radius 1 is 1.53 bits per heavy atom. The maximum Gasteiger partial charge on any atom is 0.387 e. The van der Waals surface area contributed by atoms with E-state index in [2.05, 4.69) is 9.47 Å². The van der Waals surface area contributed by atoms with Crippen molar-refractivity contribution in [2.75, 3.05) is 7.11 Å².